The van der Waals surface area contributed by atoms with Gasteiger partial charge < -0.3 is 9.67 Å². The number of benzene rings is 1. The molecule has 5 rings (SSSR count). The number of hydrogen-bond acceptors (Lipinski definition) is 6. The van der Waals surface area contributed by atoms with Crippen molar-refractivity contribution < 1.29 is 31.9 Å². The summed E-state index contributed by atoms with van der Waals surface area (Å²) in [5.41, 5.74) is 1.85. The minimum Gasteiger partial charge on any atom is -0.475 e. The van der Waals surface area contributed by atoms with E-state index in [1.54, 1.807) is 45.6 Å². The lowest BCUT2D eigenvalue weighted by Crippen LogP contribution is -2.31. The molecule has 0 amide bonds. The third-order valence-corrected chi connectivity index (χ3v) is 5.56. The van der Waals surface area contributed by atoms with E-state index in [0.29, 0.717) is 32.8 Å². The fourth-order valence-electron chi connectivity index (χ4n) is 3.93. The van der Waals surface area contributed by atoms with Crippen LogP contribution in [0.1, 0.15) is 11.9 Å². The Morgan fingerprint density at radius 1 is 1.29 bits per heavy atom. The van der Waals surface area contributed by atoms with Gasteiger partial charge in [-0.1, -0.05) is 11.6 Å². The molecule has 1 unspecified atom stereocenters. The Bertz CT molecular complexity index is 1370. The predicted molar refractivity (Wildman–Crippen MR) is 114 cm³/mol. The standard InChI is InChI=1S/C18H16ClF2N7.C2HF3O2/c1-26-6-15(18(20,21)8-26)28-16(7-27-10-22-9-24-27)25-14-5-23-13-3-2-11(19)4-12(13)17(14)28;3-2(4,5)1(6)7/h2-5,9-10,15H,6-8H2,1H3;(H,6,7). The third-order valence-electron chi connectivity index (χ3n) is 5.33. The quantitative estimate of drug-likeness (QED) is 0.414. The highest BCUT2D eigenvalue weighted by atomic mass is 35.5. The molecule has 1 N–H and O–H groups in total. The van der Waals surface area contributed by atoms with E-state index in [9.17, 15) is 22.0 Å². The van der Waals surface area contributed by atoms with Crippen LogP contribution in [0.5, 0.6) is 0 Å². The first-order valence-electron chi connectivity index (χ1n) is 10.0. The molecule has 1 aliphatic heterocycles. The van der Waals surface area contributed by atoms with E-state index < -0.39 is 24.1 Å². The van der Waals surface area contributed by atoms with Crippen molar-refractivity contribution in [3.8, 4) is 0 Å². The van der Waals surface area contributed by atoms with Crippen molar-refractivity contribution in [2.75, 3.05) is 20.1 Å². The smallest absolute Gasteiger partial charge is 0.475 e. The number of halogens is 6. The third kappa shape index (κ3) is 5.03. The largest absolute Gasteiger partial charge is 0.490 e. The van der Waals surface area contributed by atoms with Gasteiger partial charge in [0.05, 0.1) is 23.8 Å². The molecule has 0 radical (unpaired) electrons. The number of nitrogens with zero attached hydrogens (tertiary/aromatic N) is 7. The fraction of sp³-hybridized carbons (Fsp3) is 0.350. The van der Waals surface area contributed by atoms with Crippen molar-refractivity contribution in [3.63, 3.8) is 0 Å². The van der Waals surface area contributed by atoms with Gasteiger partial charge in [-0.2, -0.15) is 18.3 Å². The molecule has 4 heterocycles. The lowest BCUT2D eigenvalue weighted by molar-refractivity contribution is -0.192. The molecular formula is C20H17ClF5N7O2. The molecule has 35 heavy (non-hydrogen) atoms. The second kappa shape index (κ2) is 9.00. The molecule has 1 atom stereocenters. The molecule has 1 fully saturated rings. The molecule has 1 aromatic carbocycles. The Morgan fingerprint density at radius 3 is 2.57 bits per heavy atom. The molecule has 0 aliphatic carbocycles. The minimum atomic E-state index is -5.08. The second-order valence-electron chi connectivity index (χ2n) is 7.92. The lowest BCUT2D eigenvalue weighted by atomic mass is 10.1. The van der Waals surface area contributed by atoms with Crippen molar-refractivity contribution >= 4 is 39.5 Å². The Labute approximate surface area is 198 Å². The number of carboxylic acid groups (broad SMARTS) is 1. The van der Waals surface area contributed by atoms with Crippen molar-refractivity contribution in [2.45, 2.75) is 24.7 Å². The van der Waals surface area contributed by atoms with Crippen LogP contribution >= 0.6 is 11.6 Å². The molecule has 1 aliphatic rings. The monoisotopic (exact) mass is 517 g/mol. The van der Waals surface area contributed by atoms with Crippen molar-refractivity contribution in [2.24, 2.45) is 0 Å². The topological polar surface area (TPSA) is 102 Å². The maximum atomic E-state index is 14.9. The highest BCUT2D eigenvalue weighted by Crippen LogP contribution is 2.40. The Hall–Kier alpha value is -3.39. The van der Waals surface area contributed by atoms with Crippen LogP contribution in [0.2, 0.25) is 5.02 Å². The van der Waals surface area contributed by atoms with Gasteiger partial charge in [-0.15, -0.1) is 0 Å². The first-order valence-corrected chi connectivity index (χ1v) is 10.4. The van der Waals surface area contributed by atoms with Crippen LogP contribution < -0.4 is 0 Å². The van der Waals surface area contributed by atoms with Crippen LogP contribution in [-0.4, -0.2) is 77.5 Å². The number of imidazole rings is 1. The van der Waals surface area contributed by atoms with Crippen molar-refractivity contribution in [1.82, 2.24) is 34.2 Å². The van der Waals surface area contributed by atoms with Gasteiger partial charge in [0.2, 0.25) is 0 Å². The number of aromatic nitrogens is 6. The Kier molecular flexibility index (Phi) is 6.36. The number of alkyl halides is 5. The van der Waals surface area contributed by atoms with Crippen LogP contribution in [0.25, 0.3) is 21.9 Å². The number of hydrogen-bond donors (Lipinski definition) is 1. The van der Waals surface area contributed by atoms with Crippen LogP contribution in [0.3, 0.4) is 0 Å². The average molecular weight is 518 g/mol. The minimum absolute atomic E-state index is 0.215. The summed E-state index contributed by atoms with van der Waals surface area (Å²) in [6.45, 7) is 0.143. The van der Waals surface area contributed by atoms with E-state index in [2.05, 4.69) is 20.1 Å². The summed E-state index contributed by atoms with van der Waals surface area (Å²) in [5.74, 6) is -5.17. The van der Waals surface area contributed by atoms with E-state index in [1.165, 1.54) is 12.7 Å². The molecule has 4 aromatic rings. The maximum Gasteiger partial charge on any atom is 0.490 e. The zero-order valence-electron chi connectivity index (χ0n) is 17.9. The van der Waals surface area contributed by atoms with Gasteiger partial charge in [0, 0.05) is 17.0 Å². The van der Waals surface area contributed by atoms with E-state index in [4.69, 9.17) is 21.5 Å². The highest BCUT2D eigenvalue weighted by molar-refractivity contribution is 6.31. The molecule has 9 nitrogen and oxygen atoms in total. The van der Waals surface area contributed by atoms with Gasteiger partial charge in [-0.3, -0.25) is 9.88 Å². The molecule has 1 saturated heterocycles. The van der Waals surface area contributed by atoms with Gasteiger partial charge in [0.15, 0.2) is 0 Å². The van der Waals surface area contributed by atoms with Crippen LogP contribution in [0.4, 0.5) is 22.0 Å². The summed E-state index contributed by atoms with van der Waals surface area (Å²) in [6.07, 6.45) is -0.527. The molecule has 186 valence electrons. The number of fused-ring (bicyclic) bond motifs is 3. The van der Waals surface area contributed by atoms with Gasteiger partial charge >= 0.3 is 12.1 Å². The molecule has 0 spiro atoms. The van der Waals surface area contributed by atoms with Gasteiger partial charge in [-0.05, 0) is 25.2 Å². The Morgan fingerprint density at radius 2 is 2.00 bits per heavy atom. The van der Waals surface area contributed by atoms with E-state index in [0.717, 1.165) is 0 Å². The average Bonchev–Trinajstić information content (AvgIpc) is 3.45. The van der Waals surface area contributed by atoms with Gasteiger partial charge in [0.1, 0.15) is 36.6 Å². The zero-order chi connectivity index (χ0) is 25.5. The highest BCUT2D eigenvalue weighted by Gasteiger charge is 2.49. The molecular weight excluding hydrogens is 501 g/mol. The first kappa shape index (κ1) is 24.7. The summed E-state index contributed by atoms with van der Waals surface area (Å²) >= 11 is 6.20. The summed E-state index contributed by atoms with van der Waals surface area (Å²) in [5, 5.41) is 12.4. The van der Waals surface area contributed by atoms with Crippen LogP contribution in [0, 0.1) is 0 Å². The molecule has 0 saturated carbocycles. The number of carboxylic acids is 1. The zero-order valence-corrected chi connectivity index (χ0v) is 18.7. The van der Waals surface area contributed by atoms with Crippen molar-refractivity contribution in [3.05, 3.63) is 47.9 Å². The van der Waals surface area contributed by atoms with E-state index in [1.807, 2.05) is 0 Å². The SMILES string of the molecule is CN1CC(n2c(Cn3cncn3)nc3cnc4ccc(Cl)cc4c32)C(F)(F)C1.O=C(O)C(F)(F)F. The predicted octanol–water partition coefficient (Wildman–Crippen LogP) is 3.63. The number of rotatable bonds is 3. The normalized spacial score (nSPS) is 18.1. The first-order chi connectivity index (χ1) is 16.4. The molecule has 15 heteroatoms. The number of carbonyl (C=O) groups is 1. The van der Waals surface area contributed by atoms with Gasteiger partial charge in [-0.25, -0.2) is 28.2 Å². The Balaban J connectivity index is 0.000000364. The maximum absolute atomic E-state index is 14.9. The fourth-order valence-corrected chi connectivity index (χ4v) is 4.11. The lowest BCUT2D eigenvalue weighted by Gasteiger charge is -2.22. The summed E-state index contributed by atoms with van der Waals surface area (Å²) in [6, 6.07) is 4.22. The van der Waals surface area contributed by atoms with E-state index in [-0.39, 0.29) is 19.6 Å². The second-order valence-corrected chi connectivity index (χ2v) is 8.36. The van der Waals surface area contributed by atoms with Crippen molar-refractivity contribution in [1.29, 1.82) is 0 Å². The number of aliphatic carboxylic acids is 1. The van der Waals surface area contributed by atoms with Gasteiger partial charge in [0.25, 0.3) is 5.92 Å². The van der Waals surface area contributed by atoms with E-state index >= 15 is 0 Å². The molecule has 0 bridgehead atoms. The number of likely N-dealkylation sites (N-methyl/N-ethyl adjacent to an activating group) is 1. The van der Waals surface area contributed by atoms with Crippen LogP contribution in [0.15, 0.2) is 37.1 Å². The number of pyridine rings is 1. The summed E-state index contributed by atoms with van der Waals surface area (Å²) < 4.78 is 64.8. The summed E-state index contributed by atoms with van der Waals surface area (Å²) in [4.78, 5) is 23.5. The summed E-state index contributed by atoms with van der Waals surface area (Å²) in [7, 11) is 1.70. The number of likely N-dealkylation sites (tertiary alicyclic amines) is 1. The molecule has 3 aromatic heterocycles. The van der Waals surface area contributed by atoms with Crippen LogP contribution in [-0.2, 0) is 11.3 Å².